The predicted molar refractivity (Wildman–Crippen MR) is 140 cm³/mol. The van der Waals surface area contributed by atoms with E-state index in [4.69, 9.17) is 0 Å². The highest BCUT2D eigenvalue weighted by atomic mass is 15.3. The molecule has 0 radical (unpaired) electrons. The minimum Gasteiger partial charge on any atom is -0.371 e. The molecule has 0 saturated carbocycles. The van der Waals surface area contributed by atoms with Crippen LogP contribution in [0.15, 0.2) is 41.5 Å². The Hall–Kier alpha value is -1.66. The lowest BCUT2D eigenvalue weighted by Gasteiger charge is -2.37. The maximum Gasteiger partial charge on any atom is 0.0372 e. The molecule has 1 aromatic carbocycles. The summed E-state index contributed by atoms with van der Waals surface area (Å²) in [7, 11) is 0. The molecule has 4 aliphatic rings. The number of allylic oxidation sites excluding steroid dienone is 1. The molecule has 0 unspecified atom stereocenters. The van der Waals surface area contributed by atoms with E-state index >= 15 is 0 Å². The van der Waals surface area contributed by atoms with E-state index in [2.05, 4.69) is 69.5 Å². The fraction of sp³-hybridized carbons (Fsp3) is 0.643. The standard InChI is InChI=1S/C28H43N5/c1-22(2)32-16-14-31(15-17-32)13-10-30-27-7-11-33(12-8-27)28-5-3-4-23(20-28)25-18-24-6-9-29-21-26(24)19-25/h3-5,19-20,22,27,29-30H,6-18,21H2,1-2H3. The van der Waals surface area contributed by atoms with Gasteiger partial charge < -0.3 is 15.5 Å². The van der Waals surface area contributed by atoms with E-state index in [0.29, 0.717) is 12.1 Å². The van der Waals surface area contributed by atoms with E-state index in [1.165, 1.54) is 74.4 Å². The molecular formula is C28H43N5. The number of hydrogen-bond donors (Lipinski definition) is 2. The van der Waals surface area contributed by atoms with Crippen LogP contribution < -0.4 is 15.5 Å². The Balaban J connectivity index is 1.06. The molecule has 0 bridgehead atoms. The van der Waals surface area contributed by atoms with Crippen LogP contribution in [-0.4, -0.2) is 87.3 Å². The van der Waals surface area contributed by atoms with Crippen molar-refractivity contribution in [2.45, 2.75) is 51.6 Å². The number of hydrogen-bond acceptors (Lipinski definition) is 5. The van der Waals surface area contributed by atoms with Crippen LogP contribution in [0.2, 0.25) is 0 Å². The molecule has 5 nitrogen and oxygen atoms in total. The van der Waals surface area contributed by atoms with Crippen molar-refractivity contribution in [1.82, 2.24) is 20.4 Å². The molecule has 2 saturated heterocycles. The minimum absolute atomic E-state index is 0.669. The zero-order chi connectivity index (χ0) is 22.6. The second-order valence-corrected chi connectivity index (χ2v) is 10.6. The highest BCUT2D eigenvalue weighted by Crippen LogP contribution is 2.36. The molecule has 0 spiro atoms. The molecule has 180 valence electrons. The quantitative estimate of drug-likeness (QED) is 0.667. The Morgan fingerprint density at radius 2 is 1.88 bits per heavy atom. The molecule has 33 heavy (non-hydrogen) atoms. The van der Waals surface area contributed by atoms with E-state index in [9.17, 15) is 0 Å². The van der Waals surface area contributed by atoms with E-state index < -0.39 is 0 Å². The molecule has 0 amide bonds. The van der Waals surface area contributed by atoms with Crippen molar-refractivity contribution in [3.63, 3.8) is 0 Å². The molecule has 2 fully saturated rings. The number of nitrogens with one attached hydrogen (secondary N) is 2. The van der Waals surface area contributed by atoms with Gasteiger partial charge in [0.15, 0.2) is 0 Å². The molecule has 0 atom stereocenters. The number of piperidine rings is 1. The Morgan fingerprint density at radius 1 is 1.06 bits per heavy atom. The van der Waals surface area contributed by atoms with Gasteiger partial charge in [-0.15, -0.1) is 0 Å². The van der Waals surface area contributed by atoms with Gasteiger partial charge in [-0.05, 0) is 74.9 Å². The molecule has 5 rings (SSSR count). The predicted octanol–water partition coefficient (Wildman–Crippen LogP) is 3.35. The Labute approximate surface area is 200 Å². The topological polar surface area (TPSA) is 33.8 Å². The van der Waals surface area contributed by atoms with Crippen molar-refractivity contribution >= 4 is 11.3 Å². The first-order valence-corrected chi connectivity index (χ1v) is 13.3. The van der Waals surface area contributed by atoms with Gasteiger partial charge in [0, 0.05) is 76.7 Å². The first-order valence-electron chi connectivity index (χ1n) is 13.3. The summed E-state index contributed by atoms with van der Waals surface area (Å²) in [6, 6.07) is 10.6. The third-order valence-corrected chi connectivity index (χ3v) is 8.20. The van der Waals surface area contributed by atoms with Crippen LogP contribution in [0.3, 0.4) is 0 Å². The number of nitrogens with zero attached hydrogens (tertiary/aromatic N) is 3. The molecule has 2 N–H and O–H groups in total. The Morgan fingerprint density at radius 3 is 2.64 bits per heavy atom. The third-order valence-electron chi connectivity index (χ3n) is 8.20. The van der Waals surface area contributed by atoms with Crippen LogP contribution in [0.4, 0.5) is 5.69 Å². The summed E-state index contributed by atoms with van der Waals surface area (Å²) in [5.74, 6) is 0. The maximum absolute atomic E-state index is 3.86. The molecule has 0 aromatic heterocycles. The molecule has 5 heteroatoms. The van der Waals surface area contributed by atoms with Gasteiger partial charge in [-0.3, -0.25) is 9.80 Å². The number of piperazine rings is 1. The largest absolute Gasteiger partial charge is 0.371 e. The van der Waals surface area contributed by atoms with E-state index in [-0.39, 0.29) is 0 Å². The number of rotatable bonds is 7. The first kappa shape index (κ1) is 23.1. The van der Waals surface area contributed by atoms with Crippen molar-refractivity contribution in [3.8, 4) is 0 Å². The van der Waals surface area contributed by atoms with Crippen LogP contribution in [0.25, 0.3) is 5.57 Å². The second kappa shape index (κ2) is 10.7. The smallest absolute Gasteiger partial charge is 0.0372 e. The molecular weight excluding hydrogens is 406 g/mol. The summed E-state index contributed by atoms with van der Waals surface area (Å²) in [5, 5.41) is 7.37. The summed E-state index contributed by atoms with van der Waals surface area (Å²) >= 11 is 0. The van der Waals surface area contributed by atoms with Gasteiger partial charge in [0.05, 0.1) is 0 Å². The summed E-state index contributed by atoms with van der Waals surface area (Å²) in [4.78, 5) is 7.82. The van der Waals surface area contributed by atoms with Crippen LogP contribution in [0, 0.1) is 0 Å². The lowest BCUT2D eigenvalue weighted by atomic mass is 9.99. The third kappa shape index (κ3) is 5.71. The van der Waals surface area contributed by atoms with Crippen molar-refractivity contribution in [2.75, 3.05) is 70.3 Å². The molecule has 1 aromatic rings. The SMILES string of the molecule is CC(C)N1CCN(CCNC2CCN(c3cccc(C4=CC5=C(CCNC5)C4)c3)CC2)CC1. The van der Waals surface area contributed by atoms with Gasteiger partial charge in [0.1, 0.15) is 0 Å². The lowest BCUT2D eigenvalue weighted by molar-refractivity contribution is 0.108. The summed E-state index contributed by atoms with van der Waals surface area (Å²) in [5.41, 5.74) is 7.52. The maximum atomic E-state index is 3.86. The van der Waals surface area contributed by atoms with Crippen LogP contribution in [0.5, 0.6) is 0 Å². The van der Waals surface area contributed by atoms with Crippen molar-refractivity contribution in [2.24, 2.45) is 0 Å². The fourth-order valence-electron chi connectivity index (χ4n) is 5.95. The first-order chi connectivity index (χ1) is 16.2. The highest BCUT2D eigenvalue weighted by molar-refractivity contribution is 5.76. The number of benzene rings is 1. The molecule has 3 heterocycles. The van der Waals surface area contributed by atoms with E-state index in [1.807, 2.05) is 0 Å². The zero-order valence-corrected chi connectivity index (χ0v) is 20.8. The summed E-state index contributed by atoms with van der Waals surface area (Å²) in [6.45, 7) is 16.3. The van der Waals surface area contributed by atoms with Gasteiger partial charge in [0.2, 0.25) is 0 Å². The van der Waals surface area contributed by atoms with E-state index in [1.54, 1.807) is 5.57 Å². The van der Waals surface area contributed by atoms with E-state index in [0.717, 1.165) is 39.1 Å². The van der Waals surface area contributed by atoms with Crippen molar-refractivity contribution < 1.29 is 0 Å². The Bertz CT molecular complexity index is 857. The lowest BCUT2D eigenvalue weighted by Crippen LogP contribution is -2.51. The van der Waals surface area contributed by atoms with Gasteiger partial charge in [-0.2, -0.15) is 0 Å². The van der Waals surface area contributed by atoms with Crippen molar-refractivity contribution in [1.29, 1.82) is 0 Å². The summed E-state index contributed by atoms with van der Waals surface area (Å²) < 4.78 is 0. The number of anilines is 1. The molecule has 3 aliphatic heterocycles. The van der Waals surface area contributed by atoms with Crippen LogP contribution >= 0.6 is 0 Å². The normalized spacial score (nSPS) is 23.4. The average Bonchev–Trinajstić information content (AvgIpc) is 3.29. The van der Waals surface area contributed by atoms with Crippen LogP contribution in [0.1, 0.15) is 45.1 Å². The average molecular weight is 450 g/mol. The fourth-order valence-corrected chi connectivity index (χ4v) is 5.95. The van der Waals surface area contributed by atoms with Gasteiger partial charge >= 0.3 is 0 Å². The van der Waals surface area contributed by atoms with Crippen molar-refractivity contribution in [3.05, 3.63) is 47.1 Å². The summed E-state index contributed by atoms with van der Waals surface area (Å²) in [6.07, 6.45) is 7.30. The second-order valence-electron chi connectivity index (χ2n) is 10.6. The van der Waals surface area contributed by atoms with Gasteiger partial charge in [0.25, 0.3) is 0 Å². The zero-order valence-electron chi connectivity index (χ0n) is 20.8. The minimum atomic E-state index is 0.669. The van der Waals surface area contributed by atoms with Gasteiger partial charge in [-0.25, -0.2) is 0 Å². The van der Waals surface area contributed by atoms with Crippen LogP contribution in [-0.2, 0) is 0 Å². The molecule has 1 aliphatic carbocycles. The Kier molecular flexibility index (Phi) is 7.51. The van der Waals surface area contributed by atoms with Gasteiger partial charge in [-0.1, -0.05) is 23.8 Å². The highest BCUT2D eigenvalue weighted by Gasteiger charge is 2.23. The monoisotopic (exact) mass is 449 g/mol.